The van der Waals surface area contributed by atoms with E-state index in [0.29, 0.717) is 12.5 Å². The van der Waals surface area contributed by atoms with E-state index >= 15 is 0 Å². The van der Waals surface area contributed by atoms with Crippen LogP contribution in [0.1, 0.15) is 16.7 Å². The number of aryl methyl sites for hydroxylation is 1. The first-order chi connectivity index (χ1) is 8.69. The van der Waals surface area contributed by atoms with Gasteiger partial charge in [-0.05, 0) is 18.1 Å². The first kappa shape index (κ1) is 12.3. The van der Waals surface area contributed by atoms with E-state index in [-0.39, 0.29) is 6.61 Å². The number of hydrogen-bond donors (Lipinski definition) is 2. The van der Waals surface area contributed by atoms with E-state index in [1.165, 1.54) is 6.20 Å². The molecule has 0 saturated heterocycles. The number of aliphatic hydroxyl groups excluding tert-OH is 1. The van der Waals surface area contributed by atoms with Crippen molar-refractivity contribution in [1.82, 2.24) is 9.97 Å². The Morgan fingerprint density at radius 1 is 1.28 bits per heavy atom. The van der Waals surface area contributed by atoms with Gasteiger partial charge in [-0.25, -0.2) is 9.78 Å². The van der Waals surface area contributed by atoms with Crippen LogP contribution in [0.2, 0.25) is 0 Å². The SMILES string of the molecule is Cc1cnc(=O)[nH]c1OCc1ccc(CO)cc1. The molecule has 2 aromatic rings. The van der Waals surface area contributed by atoms with Crippen LogP contribution in [-0.4, -0.2) is 15.1 Å². The summed E-state index contributed by atoms with van der Waals surface area (Å²) >= 11 is 0. The van der Waals surface area contributed by atoms with Crippen LogP contribution in [0.15, 0.2) is 35.3 Å². The Bertz CT molecular complexity index is 576. The third-order valence-corrected chi connectivity index (χ3v) is 2.54. The summed E-state index contributed by atoms with van der Waals surface area (Å²) in [6.45, 7) is 2.19. The summed E-state index contributed by atoms with van der Waals surface area (Å²) in [5, 5.41) is 8.93. The average Bonchev–Trinajstić information content (AvgIpc) is 2.40. The number of benzene rings is 1. The molecular formula is C13H14N2O3. The summed E-state index contributed by atoms with van der Waals surface area (Å²) < 4.78 is 5.52. The zero-order valence-corrected chi connectivity index (χ0v) is 10.0. The Morgan fingerprint density at radius 2 is 1.94 bits per heavy atom. The topological polar surface area (TPSA) is 75.2 Å². The molecule has 0 fully saturated rings. The molecule has 1 aromatic carbocycles. The van der Waals surface area contributed by atoms with E-state index in [2.05, 4.69) is 9.97 Å². The van der Waals surface area contributed by atoms with E-state index in [4.69, 9.17) is 9.84 Å². The molecule has 1 aromatic heterocycles. The van der Waals surface area contributed by atoms with Gasteiger partial charge >= 0.3 is 5.69 Å². The molecule has 18 heavy (non-hydrogen) atoms. The summed E-state index contributed by atoms with van der Waals surface area (Å²) in [6, 6.07) is 7.42. The van der Waals surface area contributed by atoms with Gasteiger partial charge < -0.3 is 9.84 Å². The number of nitrogens with zero attached hydrogens (tertiary/aromatic N) is 1. The van der Waals surface area contributed by atoms with E-state index in [1.54, 1.807) is 0 Å². The van der Waals surface area contributed by atoms with Gasteiger partial charge in [0.05, 0.1) is 6.61 Å². The predicted octanol–water partition coefficient (Wildman–Crippen LogP) is 1.15. The second-order valence-corrected chi connectivity index (χ2v) is 3.96. The second kappa shape index (κ2) is 5.46. The highest BCUT2D eigenvalue weighted by molar-refractivity contribution is 5.23. The van der Waals surface area contributed by atoms with E-state index in [9.17, 15) is 4.79 Å². The van der Waals surface area contributed by atoms with Crippen molar-refractivity contribution in [2.75, 3.05) is 0 Å². The standard InChI is InChI=1S/C13H14N2O3/c1-9-6-14-13(17)15-12(9)18-8-11-4-2-10(7-16)3-5-11/h2-6,16H,7-8H2,1H3,(H,14,15,17). The molecule has 0 amide bonds. The minimum Gasteiger partial charge on any atom is -0.474 e. The molecule has 2 rings (SSSR count). The maximum Gasteiger partial charge on any atom is 0.347 e. The molecular weight excluding hydrogens is 232 g/mol. The monoisotopic (exact) mass is 246 g/mol. The molecule has 1 heterocycles. The lowest BCUT2D eigenvalue weighted by Gasteiger charge is -2.08. The van der Waals surface area contributed by atoms with Gasteiger partial charge in [-0.1, -0.05) is 24.3 Å². The Labute approximate surface area is 104 Å². The van der Waals surface area contributed by atoms with Crippen LogP contribution in [0.25, 0.3) is 0 Å². The van der Waals surface area contributed by atoms with Crippen molar-refractivity contribution < 1.29 is 9.84 Å². The van der Waals surface area contributed by atoms with Gasteiger partial charge in [-0.15, -0.1) is 0 Å². The molecule has 0 saturated carbocycles. The van der Waals surface area contributed by atoms with Gasteiger partial charge in [0.1, 0.15) is 6.61 Å². The number of aromatic amines is 1. The Balaban J connectivity index is 2.06. The van der Waals surface area contributed by atoms with Gasteiger partial charge in [0.15, 0.2) is 5.88 Å². The molecule has 94 valence electrons. The molecule has 0 atom stereocenters. The fourth-order valence-electron chi connectivity index (χ4n) is 1.49. The lowest BCUT2D eigenvalue weighted by atomic mass is 10.1. The third-order valence-electron chi connectivity index (χ3n) is 2.54. The normalized spacial score (nSPS) is 10.3. The Hall–Kier alpha value is -2.14. The van der Waals surface area contributed by atoms with Crippen molar-refractivity contribution in [3.8, 4) is 5.88 Å². The number of ether oxygens (including phenoxy) is 1. The maximum atomic E-state index is 11.1. The van der Waals surface area contributed by atoms with Crippen LogP contribution >= 0.6 is 0 Å². The minimum atomic E-state index is -0.425. The largest absolute Gasteiger partial charge is 0.474 e. The highest BCUT2D eigenvalue weighted by Crippen LogP contribution is 2.12. The van der Waals surface area contributed by atoms with Crippen LogP contribution in [0.4, 0.5) is 0 Å². The van der Waals surface area contributed by atoms with E-state index < -0.39 is 5.69 Å². The molecule has 0 spiro atoms. The van der Waals surface area contributed by atoms with Gasteiger partial charge in [0, 0.05) is 11.8 Å². The lowest BCUT2D eigenvalue weighted by Crippen LogP contribution is -2.12. The van der Waals surface area contributed by atoms with Crippen LogP contribution < -0.4 is 10.4 Å². The van der Waals surface area contributed by atoms with Gasteiger partial charge in [-0.2, -0.15) is 0 Å². The summed E-state index contributed by atoms with van der Waals surface area (Å²) in [5.41, 5.74) is 2.17. The number of aromatic nitrogens is 2. The first-order valence-corrected chi connectivity index (χ1v) is 5.56. The van der Waals surface area contributed by atoms with Crippen LogP contribution in [0, 0.1) is 6.92 Å². The third kappa shape index (κ3) is 2.95. The van der Waals surface area contributed by atoms with Crippen molar-refractivity contribution in [3.05, 3.63) is 57.6 Å². The van der Waals surface area contributed by atoms with Crippen molar-refractivity contribution in [2.24, 2.45) is 0 Å². The highest BCUT2D eigenvalue weighted by Gasteiger charge is 2.02. The number of aliphatic hydroxyl groups is 1. The van der Waals surface area contributed by atoms with Crippen LogP contribution in [-0.2, 0) is 13.2 Å². The number of hydrogen-bond acceptors (Lipinski definition) is 4. The second-order valence-electron chi connectivity index (χ2n) is 3.96. The molecule has 5 heteroatoms. The van der Waals surface area contributed by atoms with Gasteiger partial charge in [-0.3, -0.25) is 4.98 Å². The Morgan fingerprint density at radius 3 is 2.61 bits per heavy atom. The zero-order valence-electron chi connectivity index (χ0n) is 10.0. The summed E-state index contributed by atoms with van der Waals surface area (Å²) in [6.07, 6.45) is 1.48. The van der Waals surface area contributed by atoms with Crippen LogP contribution in [0.3, 0.4) is 0 Å². The number of H-pyrrole nitrogens is 1. The van der Waals surface area contributed by atoms with Gasteiger partial charge in [0.25, 0.3) is 0 Å². The minimum absolute atomic E-state index is 0.0257. The van der Waals surface area contributed by atoms with E-state index in [1.807, 2.05) is 31.2 Å². The van der Waals surface area contributed by atoms with E-state index in [0.717, 1.165) is 16.7 Å². The fourth-order valence-corrected chi connectivity index (χ4v) is 1.49. The van der Waals surface area contributed by atoms with Gasteiger partial charge in [0.2, 0.25) is 0 Å². The summed E-state index contributed by atoms with van der Waals surface area (Å²) in [5.74, 6) is 0.432. The summed E-state index contributed by atoms with van der Waals surface area (Å²) in [4.78, 5) is 17.2. The highest BCUT2D eigenvalue weighted by atomic mass is 16.5. The number of nitrogens with one attached hydrogen (secondary N) is 1. The molecule has 0 unspecified atom stereocenters. The molecule has 0 aliphatic heterocycles. The fraction of sp³-hybridized carbons (Fsp3) is 0.231. The molecule has 0 aliphatic rings. The van der Waals surface area contributed by atoms with Crippen molar-refractivity contribution in [3.63, 3.8) is 0 Å². The van der Waals surface area contributed by atoms with Crippen molar-refractivity contribution in [1.29, 1.82) is 0 Å². The number of rotatable bonds is 4. The maximum absolute atomic E-state index is 11.1. The predicted molar refractivity (Wildman–Crippen MR) is 66.3 cm³/mol. The zero-order chi connectivity index (χ0) is 13.0. The summed E-state index contributed by atoms with van der Waals surface area (Å²) in [7, 11) is 0. The molecule has 0 aliphatic carbocycles. The first-order valence-electron chi connectivity index (χ1n) is 5.56. The smallest absolute Gasteiger partial charge is 0.347 e. The molecule has 2 N–H and O–H groups in total. The lowest BCUT2D eigenvalue weighted by molar-refractivity contribution is 0.280. The quantitative estimate of drug-likeness (QED) is 0.848. The van der Waals surface area contributed by atoms with Crippen molar-refractivity contribution in [2.45, 2.75) is 20.1 Å². The molecule has 0 bridgehead atoms. The Kier molecular flexibility index (Phi) is 3.74. The molecule has 5 nitrogen and oxygen atoms in total. The molecule has 0 radical (unpaired) electrons. The van der Waals surface area contributed by atoms with Crippen molar-refractivity contribution >= 4 is 0 Å². The average molecular weight is 246 g/mol. The van der Waals surface area contributed by atoms with Crippen LogP contribution in [0.5, 0.6) is 5.88 Å².